The van der Waals surface area contributed by atoms with E-state index in [1.165, 1.54) is 12.1 Å². The second-order valence-electron chi connectivity index (χ2n) is 6.73. The number of rotatable bonds is 5. The van der Waals surface area contributed by atoms with Gasteiger partial charge in [0.2, 0.25) is 0 Å². The number of alkyl halides is 3. The second-order valence-corrected chi connectivity index (χ2v) is 6.73. The average molecular weight is 382 g/mol. The molecule has 27 heavy (non-hydrogen) atoms. The maximum atomic E-state index is 13.4. The number of nitrogen functional groups attached to an aromatic ring is 1. The number of nitrogens with two attached hydrogens (primary N) is 2. The predicted octanol–water partition coefficient (Wildman–Crippen LogP) is 2.68. The van der Waals surface area contributed by atoms with E-state index in [1.807, 2.05) is 0 Å². The lowest BCUT2D eigenvalue weighted by molar-refractivity contribution is -0.160. The van der Waals surface area contributed by atoms with E-state index in [9.17, 15) is 27.9 Å². The van der Waals surface area contributed by atoms with Gasteiger partial charge in [-0.3, -0.25) is 9.59 Å². The van der Waals surface area contributed by atoms with Crippen LogP contribution in [0.15, 0.2) is 39.7 Å². The number of benzene rings is 1. The van der Waals surface area contributed by atoms with Crippen molar-refractivity contribution >= 4 is 22.8 Å². The maximum Gasteiger partial charge on any atom is 0.398 e. The molecule has 0 amide bonds. The van der Waals surface area contributed by atoms with Gasteiger partial charge in [0.25, 0.3) is 0 Å². The molecule has 1 atom stereocenters. The standard InChI is InChI=1S/C18H17F3N2O4/c1-8(22)10(16(25)26)7-12-14(24)11-6-9(2-3-13(11)27-15(12)23)17(4-5-17)18(19,20)21/h2-3,6,10H,1,4-5,7,22-23H2,(H,25,26). The highest BCUT2D eigenvalue weighted by atomic mass is 19.4. The predicted molar refractivity (Wildman–Crippen MR) is 92.0 cm³/mol. The lowest BCUT2D eigenvalue weighted by atomic mass is 9.92. The summed E-state index contributed by atoms with van der Waals surface area (Å²) in [6.07, 6.45) is -4.90. The van der Waals surface area contributed by atoms with Crippen LogP contribution in [0.3, 0.4) is 0 Å². The number of carboxylic acids is 1. The quantitative estimate of drug-likeness (QED) is 0.731. The van der Waals surface area contributed by atoms with Gasteiger partial charge in [0.05, 0.1) is 22.3 Å². The molecule has 144 valence electrons. The third-order valence-corrected chi connectivity index (χ3v) is 5.01. The molecule has 1 fully saturated rings. The Balaban J connectivity index is 2.14. The Kier molecular flexibility index (Phi) is 4.21. The molecule has 5 N–H and O–H groups in total. The van der Waals surface area contributed by atoms with Crippen LogP contribution in [-0.4, -0.2) is 17.3 Å². The number of carboxylic acid groups (broad SMARTS) is 1. The van der Waals surface area contributed by atoms with Crippen LogP contribution in [0.1, 0.15) is 24.0 Å². The summed E-state index contributed by atoms with van der Waals surface area (Å²) in [6.45, 7) is 3.37. The van der Waals surface area contributed by atoms with Crippen molar-refractivity contribution in [2.75, 3.05) is 5.73 Å². The molecule has 1 aromatic carbocycles. The van der Waals surface area contributed by atoms with E-state index >= 15 is 0 Å². The topological polar surface area (TPSA) is 120 Å². The zero-order valence-electron chi connectivity index (χ0n) is 14.1. The Morgan fingerprint density at radius 3 is 2.48 bits per heavy atom. The van der Waals surface area contributed by atoms with Crippen molar-refractivity contribution in [3.63, 3.8) is 0 Å². The van der Waals surface area contributed by atoms with E-state index in [1.54, 1.807) is 0 Å². The van der Waals surface area contributed by atoms with Gasteiger partial charge in [-0.1, -0.05) is 12.6 Å². The molecule has 0 spiro atoms. The summed E-state index contributed by atoms with van der Waals surface area (Å²) in [6, 6.07) is 3.69. The fourth-order valence-corrected chi connectivity index (χ4v) is 3.18. The minimum absolute atomic E-state index is 0.0245. The Labute approximate surface area is 151 Å². The molecule has 6 nitrogen and oxygen atoms in total. The van der Waals surface area contributed by atoms with E-state index in [0.29, 0.717) is 0 Å². The molecule has 0 bridgehead atoms. The van der Waals surface area contributed by atoms with Gasteiger partial charge in [-0.2, -0.15) is 13.2 Å². The summed E-state index contributed by atoms with van der Waals surface area (Å²) in [5.74, 6) is -2.88. The Morgan fingerprint density at radius 2 is 2.00 bits per heavy atom. The average Bonchev–Trinajstić information content (AvgIpc) is 3.35. The van der Waals surface area contributed by atoms with Crippen molar-refractivity contribution in [2.24, 2.45) is 11.7 Å². The van der Waals surface area contributed by atoms with Gasteiger partial charge in [-0.15, -0.1) is 0 Å². The van der Waals surface area contributed by atoms with Crippen LogP contribution in [0.4, 0.5) is 19.1 Å². The smallest absolute Gasteiger partial charge is 0.398 e. The molecule has 1 heterocycles. The molecule has 1 saturated carbocycles. The summed E-state index contributed by atoms with van der Waals surface area (Å²) in [5.41, 5.74) is 8.23. The molecule has 0 aliphatic heterocycles. The van der Waals surface area contributed by atoms with Crippen LogP contribution in [0.5, 0.6) is 0 Å². The normalized spacial score (nSPS) is 16.9. The van der Waals surface area contributed by atoms with Crippen LogP contribution in [-0.2, 0) is 16.6 Å². The van der Waals surface area contributed by atoms with Gasteiger partial charge in [-0.25, -0.2) is 0 Å². The van der Waals surface area contributed by atoms with Gasteiger partial charge >= 0.3 is 12.1 Å². The van der Waals surface area contributed by atoms with Crippen LogP contribution < -0.4 is 16.9 Å². The highest BCUT2D eigenvalue weighted by molar-refractivity contribution is 5.81. The minimum atomic E-state index is -4.43. The minimum Gasteiger partial charge on any atom is -0.481 e. The summed E-state index contributed by atoms with van der Waals surface area (Å²) in [7, 11) is 0. The Bertz CT molecular complexity index is 992. The zero-order chi connectivity index (χ0) is 20.1. The molecular formula is C18H17F3N2O4. The summed E-state index contributed by atoms with van der Waals surface area (Å²) in [5, 5.41) is 9.13. The Hall–Kier alpha value is -2.97. The molecule has 1 aromatic heterocycles. The van der Waals surface area contributed by atoms with E-state index in [-0.39, 0.29) is 52.9 Å². The summed E-state index contributed by atoms with van der Waals surface area (Å²) >= 11 is 0. The van der Waals surface area contributed by atoms with E-state index in [4.69, 9.17) is 15.9 Å². The molecule has 0 radical (unpaired) electrons. The van der Waals surface area contributed by atoms with Crippen molar-refractivity contribution in [1.82, 2.24) is 0 Å². The van der Waals surface area contributed by atoms with E-state index in [2.05, 4.69) is 6.58 Å². The molecule has 9 heteroatoms. The number of fused-ring (bicyclic) bond motifs is 1. The molecule has 0 saturated heterocycles. The SMILES string of the molecule is C=C(N)C(Cc1c(N)oc2ccc(C3(C(F)(F)F)CC3)cc2c1=O)C(=O)O. The maximum absolute atomic E-state index is 13.4. The fourth-order valence-electron chi connectivity index (χ4n) is 3.18. The van der Waals surface area contributed by atoms with Crippen LogP contribution in [0.25, 0.3) is 11.0 Å². The molecule has 3 rings (SSSR count). The van der Waals surface area contributed by atoms with Gasteiger partial charge < -0.3 is 21.0 Å². The van der Waals surface area contributed by atoms with Crippen molar-refractivity contribution in [2.45, 2.75) is 30.9 Å². The van der Waals surface area contributed by atoms with Crippen molar-refractivity contribution in [3.05, 3.63) is 51.8 Å². The third kappa shape index (κ3) is 3.02. The first-order chi connectivity index (χ1) is 12.5. The first-order valence-electron chi connectivity index (χ1n) is 8.07. The number of hydrogen-bond acceptors (Lipinski definition) is 5. The van der Waals surface area contributed by atoms with Gasteiger partial charge in [0, 0.05) is 12.1 Å². The van der Waals surface area contributed by atoms with Gasteiger partial charge in [0.1, 0.15) is 5.58 Å². The highest BCUT2D eigenvalue weighted by Crippen LogP contribution is 2.59. The molecule has 1 unspecified atom stereocenters. The number of anilines is 1. The van der Waals surface area contributed by atoms with Gasteiger partial charge in [0.15, 0.2) is 11.3 Å². The highest BCUT2D eigenvalue weighted by Gasteiger charge is 2.64. The largest absolute Gasteiger partial charge is 0.481 e. The van der Waals surface area contributed by atoms with E-state index < -0.39 is 28.9 Å². The first kappa shape index (κ1) is 18.8. The number of hydrogen-bond donors (Lipinski definition) is 3. The van der Waals surface area contributed by atoms with E-state index in [0.717, 1.165) is 6.07 Å². The monoisotopic (exact) mass is 382 g/mol. The lowest BCUT2D eigenvalue weighted by Crippen LogP contribution is -2.29. The molecule has 1 aliphatic carbocycles. The molecular weight excluding hydrogens is 365 g/mol. The van der Waals surface area contributed by atoms with Crippen molar-refractivity contribution < 1.29 is 27.5 Å². The van der Waals surface area contributed by atoms with Crippen molar-refractivity contribution in [1.29, 1.82) is 0 Å². The summed E-state index contributed by atoms with van der Waals surface area (Å²) in [4.78, 5) is 24.1. The van der Waals surface area contributed by atoms with Gasteiger partial charge in [-0.05, 0) is 30.5 Å². The number of aliphatic carboxylic acids is 1. The third-order valence-electron chi connectivity index (χ3n) is 5.01. The van der Waals surface area contributed by atoms with Crippen LogP contribution >= 0.6 is 0 Å². The fraction of sp³-hybridized carbons (Fsp3) is 0.333. The molecule has 2 aromatic rings. The number of halogens is 3. The second kappa shape index (κ2) is 6.04. The zero-order valence-corrected chi connectivity index (χ0v) is 14.1. The van der Waals surface area contributed by atoms with Crippen LogP contribution in [0.2, 0.25) is 0 Å². The van der Waals surface area contributed by atoms with Crippen molar-refractivity contribution in [3.8, 4) is 0 Å². The summed E-state index contributed by atoms with van der Waals surface area (Å²) < 4.78 is 45.4. The Morgan fingerprint density at radius 1 is 1.37 bits per heavy atom. The molecule has 1 aliphatic rings. The van der Waals surface area contributed by atoms with Crippen LogP contribution in [0, 0.1) is 5.92 Å². The lowest BCUT2D eigenvalue weighted by Gasteiger charge is -2.20. The number of carbonyl (C=O) groups is 1. The first-order valence-corrected chi connectivity index (χ1v) is 8.07.